The quantitative estimate of drug-likeness (QED) is 0.648. The van der Waals surface area contributed by atoms with E-state index in [2.05, 4.69) is 15.9 Å². The molecule has 0 aliphatic heterocycles. The number of rotatable bonds is 1. The highest BCUT2D eigenvalue weighted by molar-refractivity contribution is 9.10. The van der Waals surface area contributed by atoms with Gasteiger partial charge in [0.05, 0.1) is 4.47 Å². The van der Waals surface area contributed by atoms with Crippen molar-refractivity contribution in [2.75, 3.05) is 0 Å². The fraction of sp³-hybridized carbons (Fsp3) is 0.333. The molecule has 0 amide bonds. The molecule has 0 heterocycles. The van der Waals surface area contributed by atoms with E-state index in [1.54, 1.807) is 0 Å². The van der Waals surface area contributed by atoms with Crippen molar-refractivity contribution < 1.29 is 8.78 Å². The van der Waals surface area contributed by atoms with Crippen molar-refractivity contribution in [1.29, 1.82) is 0 Å². The summed E-state index contributed by atoms with van der Waals surface area (Å²) in [7, 11) is 0. The van der Waals surface area contributed by atoms with Gasteiger partial charge in [0.1, 0.15) is 11.6 Å². The molecule has 1 aromatic carbocycles. The molecular weight excluding hydrogens is 226 g/mol. The van der Waals surface area contributed by atoms with Crippen LogP contribution in [0.5, 0.6) is 0 Å². The number of halogens is 3. The van der Waals surface area contributed by atoms with Crippen molar-refractivity contribution in [2.45, 2.75) is 19.8 Å². The van der Waals surface area contributed by atoms with Crippen LogP contribution in [0.15, 0.2) is 16.6 Å². The lowest BCUT2D eigenvalue weighted by molar-refractivity contribution is 0.569. The van der Waals surface area contributed by atoms with E-state index in [-0.39, 0.29) is 16.2 Å². The zero-order valence-corrected chi connectivity index (χ0v) is 8.45. The predicted molar refractivity (Wildman–Crippen MR) is 48.1 cm³/mol. The minimum atomic E-state index is -0.410. The molecular formula is C9H9BrF2. The summed E-state index contributed by atoms with van der Waals surface area (Å²) in [5, 5.41) is 0. The molecule has 0 unspecified atom stereocenters. The molecule has 0 N–H and O–H groups in total. The Balaban J connectivity index is 3.28. The van der Waals surface area contributed by atoms with Gasteiger partial charge in [0.2, 0.25) is 0 Å². The highest BCUT2D eigenvalue weighted by Crippen LogP contribution is 2.25. The SMILES string of the molecule is CC(C)c1cc(F)cc(Br)c1F. The second kappa shape index (κ2) is 3.52. The smallest absolute Gasteiger partial charge is 0.141 e. The Bertz CT molecular complexity index is 295. The Morgan fingerprint density at radius 3 is 2.33 bits per heavy atom. The Labute approximate surface area is 78.7 Å². The maximum atomic E-state index is 13.2. The third-order valence-electron chi connectivity index (χ3n) is 1.64. The maximum Gasteiger partial charge on any atom is 0.141 e. The van der Waals surface area contributed by atoms with Crippen LogP contribution in [0.3, 0.4) is 0 Å². The third-order valence-corrected chi connectivity index (χ3v) is 2.22. The van der Waals surface area contributed by atoms with Gasteiger partial charge in [-0.3, -0.25) is 0 Å². The van der Waals surface area contributed by atoms with Crippen LogP contribution in [0.4, 0.5) is 8.78 Å². The van der Waals surface area contributed by atoms with Gasteiger partial charge in [0, 0.05) is 0 Å². The van der Waals surface area contributed by atoms with Crippen molar-refractivity contribution in [3.8, 4) is 0 Å². The molecule has 0 saturated heterocycles. The summed E-state index contributed by atoms with van der Waals surface area (Å²) >= 11 is 2.95. The van der Waals surface area contributed by atoms with Gasteiger partial charge >= 0.3 is 0 Å². The van der Waals surface area contributed by atoms with E-state index in [0.717, 1.165) is 6.07 Å². The molecule has 0 bridgehead atoms. The maximum absolute atomic E-state index is 13.2. The number of hydrogen-bond donors (Lipinski definition) is 0. The van der Waals surface area contributed by atoms with Crippen LogP contribution in [0.2, 0.25) is 0 Å². The average Bonchev–Trinajstić information content (AvgIpc) is 1.96. The molecule has 0 aliphatic carbocycles. The van der Waals surface area contributed by atoms with Crippen molar-refractivity contribution in [1.82, 2.24) is 0 Å². The van der Waals surface area contributed by atoms with Crippen LogP contribution >= 0.6 is 15.9 Å². The fourth-order valence-corrected chi connectivity index (χ4v) is 1.44. The summed E-state index contributed by atoms with van der Waals surface area (Å²) in [4.78, 5) is 0. The van der Waals surface area contributed by atoms with Crippen LogP contribution in [0, 0.1) is 11.6 Å². The Morgan fingerprint density at radius 1 is 1.25 bits per heavy atom. The predicted octanol–water partition coefficient (Wildman–Crippen LogP) is 3.85. The lowest BCUT2D eigenvalue weighted by atomic mass is 10.0. The number of hydrogen-bond acceptors (Lipinski definition) is 0. The van der Waals surface area contributed by atoms with Crippen LogP contribution in [0.1, 0.15) is 25.3 Å². The van der Waals surface area contributed by atoms with Gasteiger partial charge in [-0.05, 0) is 39.5 Å². The lowest BCUT2D eigenvalue weighted by Gasteiger charge is -2.07. The monoisotopic (exact) mass is 234 g/mol. The first-order chi connectivity index (χ1) is 5.52. The van der Waals surface area contributed by atoms with Gasteiger partial charge in [-0.15, -0.1) is 0 Å². The van der Waals surface area contributed by atoms with Gasteiger partial charge in [-0.2, -0.15) is 0 Å². The molecule has 1 aromatic rings. The standard InChI is InChI=1S/C9H9BrF2/c1-5(2)7-3-6(11)4-8(10)9(7)12/h3-5H,1-2H3. The Morgan fingerprint density at radius 2 is 1.83 bits per heavy atom. The summed E-state index contributed by atoms with van der Waals surface area (Å²) in [6, 6.07) is 2.35. The van der Waals surface area contributed by atoms with E-state index in [1.807, 2.05) is 13.8 Å². The molecule has 12 heavy (non-hydrogen) atoms. The summed E-state index contributed by atoms with van der Waals surface area (Å²) in [5.41, 5.74) is 0.405. The second-order valence-electron chi connectivity index (χ2n) is 2.95. The molecule has 0 nitrogen and oxygen atoms in total. The molecule has 66 valence electrons. The highest BCUT2D eigenvalue weighted by atomic mass is 79.9. The lowest BCUT2D eigenvalue weighted by Crippen LogP contribution is -1.95. The normalized spacial score (nSPS) is 10.8. The molecule has 0 spiro atoms. The molecule has 1 rings (SSSR count). The van der Waals surface area contributed by atoms with E-state index in [0.29, 0.717) is 5.56 Å². The van der Waals surface area contributed by atoms with Gasteiger partial charge in [-0.25, -0.2) is 8.78 Å². The molecule has 0 fully saturated rings. The van der Waals surface area contributed by atoms with Crippen LogP contribution in [0.25, 0.3) is 0 Å². The van der Waals surface area contributed by atoms with Crippen molar-refractivity contribution in [2.24, 2.45) is 0 Å². The van der Waals surface area contributed by atoms with Gasteiger partial charge in [-0.1, -0.05) is 13.8 Å². The van der Waals surface area contributed by atoms with E-state index >= 15 is 0 Å². The minimum absolute atomic E-state index is 0.00278. The molecule has 0 aliphatic rings. The summed E-state index contributed by atoms with van der Waals surface area (Å²) < 4.78 is 26.2. The zero-order chi connectivity index (χ0) is 9.30. The topological polar surface area (TPSA) is 0 Å². The van der Waals surface area contributed by atoms with E-state index in [9.17, 15) is 8.78 Å². The minimum Gasteiger partial charge on any atom is -0.207 e. The first-order valence-corrected chi connectivity index (χ1v) is 4.46. The Kier molecular flexibility index (Phi) is 2.83. The van der Waals surface area contributed by atoms with Crippen molar-refractivity contribution in [3.63, 3.8) is 0 Å². The first kappa shape index (κ1) is 9.65. The molecule has 0 saturated carbocycles. The van der Waals surface area contributed by atoms with E-state index < -0.39 is 5.82 Å². The van der Waals surface area contributed by atoms with E-state index in [4.69, 9.17) is 0 Å². The summed E-state index contributed by atoms with van der Waals surface area (Å²) in [6.07, 6.45) is 0. The molecule has 3 heteroatoms. The average molecular weight is 235 g/mol. The highest BCUT2D eigenvalue weighted by Gasteiger charge is 2.11. The zero-order valence-electron chi connectivity index (χ0n) is 6.87. The van der Waals surface area contributed by atoms with Gasteiger partial charge < -0.3 is 0 Å². The van der Waals surface area contributed by atoms with Crippen LogP contribution in [-0.2, 0) is 0 Å². The third kappa shape index (κ3) is 1.83. The second-order valence-corrected chi connectivity index (χ2v) is 3.80. The number of benzene rings is 1. The van der Waals surface area contributed by atoms with Crippen molar-refractivity contribution in [3.05, 3.63) is 33.8 Å². The van der Waals surface area contributed by atoms with E-state index in [1.165, 1.54) is 6.07 Å². The first-order valence-electron chi connectivity index (χ1n) is 3.67. The van der Waals surface area contributed by atoms with Gasteiger partial charge in [0.15, 0.2) is 0 Å². The molecule has 0 atom stereocenters. The largest absolute Gasteiger partial charge is 0.207 e. The van der Waals surface area contributed by atoms with Gasteiger partial charge in [0.25, 0.3) is 0 Å². The van der Waals surface area contributed by atoms with Crippen LogP contribution in [-0.4, -0.2) is 0 Å². The van der Waals surface area contributed by atoms with Crippen LogP contribution < -0.4 is 0 Å². The Hall–Kier alpha value is -0.440. The molecule has 0 radical (unpaired) electrons. The fourth-order valence-electron chi connectivity index (χ4n) is 0.996. The summed E-state index contributed by atoms with van der Waals surface area (Å²) in [5.74, 6) is -0.782. The summed E-state index contributed by atoms with van der Waals surface area (Å²) in [6.45, 7) is 3.65. The van der Waals surface area contributed by atoms with Crippen molar-refractivity contribution >= 4 is 15.9 Å². The molecule has 0 aromatic heterocycles.